The number of aliphatic hydroxyl groups is 3. The van der Waals surface area contributed by atoms with Gasteiger partial charge in [-0.25, -0.2) is 9.29 Å². The highest BCUT2D eigenvalue weighted by atomic mass is 19.1. The third-order valence-corrected chi connectivity index (χ3v) is 6.98. The van der Waals surface area contributed by atoms with Crippen LogP contribution >= 0.6 is 0 Å². The van der Waals surface area contributed by atoms with Crippen LogP contribution in [-0.4, -0.2) is 82.3 Å². The summed E-state index contributed by atoms with van der Waals surface area (Å²) in [6.45, 7) is 1.17. The van der Waals surface area contributed by atoms with Crippen molar-refractivity contribution in [2.75, 3.05) is 38.7 Å². The number of carbonyl (C=O) groups excluding carboxylic acids is 3. The molecular formula is C26H31FN4O7. The molecule has 12 heteroatoms. The number of benzene rings is 2. The molecule has 1 saturated heterocycles. The Hall–Kier alpha value is -3.42. The first-order valence-electron chi connectivity index (χ1n) is 12.3. The topological polar surface area (TPSA) is 152 Å². The van der Waals surface area contributed by atoms with E-state index in [0.717, 1.165) is 11.0 Å². The molecule has 1 fully saturated rings. The predicted octanol–water partition coefficient (Wildman–Crippen LogP) is 0.234. The number of likely N-dealkylation sites (N-methyl/N-ethyl adjacent to an activating group) is 1. The maximum atomic E-state index is 15.0. The third-order valence-electron chi connectivity index (χ3n) is 6.98. The number of rotatable bonds is 10. The molecule has 0 spiro atoms. The SMILES string of the molecule is CNC(=O)C(O)(CCC=O)N1Cc2c(NCc3ccc(C(O)(O)N4CCOCC4)cc3F)cccc2C1=O. The largest absolute Gasteiger partial charge is 0.381 e. The van der Waals surface area contributed by atoms with Gasteiger partial charge in [0.15, 0.2) is 0 Å². The van der Waals surface area contributed by atoms with Crippen LogP contribution in [-0.2, 0) is 33.3 Å². The van der Waals surface area contributed by atoms with Crippen LogP contribution in [0, 0.1) is 5.82 Å². The second-order valence-corrected chi connectivity index (χ2v) is 9.22. The van der Waals surface area contributed by atoms with Gasteiger partial charge in [0, 0.05) is 67.5 Å². The molecule has 0 radical (unpaired) electrons. The molecule has 0 saturated carbocycles. The smallest absolute Gasteiger partial charge is 0.273 e. The number of ether oxygens (including phenoxy) is 1. The summed E-state index contributed by atoms with van der Waals surface area (Å²) in [6.07, 6.45) is 0.170. The van der Waals surface area contributed by atoms with Gasteiger partial charge < -0.3 is 35.5 Å². The van der Waals surface area contributed by atoms with Crippen LogP contribution in [0.25, 0.3) is 0 Å². The van der Waals surface area contributed by atoms with Gasteiger partial charge in [0.25, 0.3) is 17.7 Å². The second-order valence-electron chi connectivity index (χ2n) is 9.22. The molecule has 2 amide bonds. The van der Waals surface area contributed by atoms with E-state index in [0.29, 0.717) is 30.8 Å². The van der Waals surface area contributed by atoms with E-state index in [9.17, 15) is 34.1 Å². The van der Waals surface area contributed by atoms with E-state index in [1.165, 1.54) is 24.1 Å². The fourth-order valence-electron chi connectivity index (χ4n) is 4.78. The number of morpholine rings is 1. The maximum absolute atomic E-state index is 15.0. The van der Waals surface area contributed by atoms with E-state index in [1.807, 2.05) is 0 Å². The van der Waals surface area contributed by atoms with Gasteiger partial charge in [-0.3, -0.25) is 14.5 Å². The van der Waals surface area contributed by atoms with Crippen LogP contribution in [0.3, 0.4) is 0 Å². The highest BCUT2D eigenvalue weighted by molar-refractivity contribution is 6.03. The molecule has 2 aromatic carbocycles. The lowest BCUT2D eigenvalue weighted by atomic mass is 10.0. The lowest BCUT2D eigenvalue weighted by Crippen LogP contribution is -2.58. The minimum Gasteiger partial charge on any atom is -0.381 e. The summed E-state index contributed by atoms with van der Waals surface area (Å²) < 4.78 is 20.2. The molecule has 1 atom stereocenters. The predicted molar refractivity (Wildman–Crippen MR) is 133 cm³/mol. The van der Waals surface area contributed by atoms with Gasteiger partial charge in [-0.15, -0.1) is 0 Å². The van der Waals surface area contributed by atoms with Crippen LogP contribution in [0.4, 0.5) is 10.1 Å². The molecular weight excluding hydrogens is 499 g/mol. The molecule has 5 N–H and O–H groups in total. The van der Waals surface area contributed by atoms with Crippen molar-refractivity contribution in [3.8, 4) is 0 Å². The molecule has 204 valence electrons. The monoisotopic (exact) mass is 530 g/mol. The lowest BCUT2D eigenvalue weighted by molar-refractivity contribution is -0.287. The Labute approximate surface area is 218 Å². The normalized spacial score (nSPS) is 17.6. The second kappa shape index (κ2) is 11.1. The zero-order valence-electron chi connectivity index (χ0n) is 20.9. The molecule has 4 rings (SSSR count). The summed E-state index contributed by atoms with van der Waals surface area (Å²) in [5.41, 5.74) is -0.685. The van der Waals surface area contributed by atoms with E-state index < -0.39 is 29.3 Å². The summed E-state index contributed by atoms with van der Waals surface area (Å²) in [5, 5.41) is 37.7. The van der Waals surface area contributed by atoms with E-state index >= 15 is 0 Å². The summed E-state index contributed by atoms with van der Waals surface area (Å²) >= 11 is 0. The van der Waals surface area contributed by atoms with Crippen molar-refractivity contribution >= 4 is 23.8 Å². The van der Waals surface area contributed by atoms with Crippen LogP contribution in [0.2, 0.25) is 0 Å². The first-order valence-corrected chi connectivity index (χ1v) is 12.3. The van der Waals surface area contributed by atoms with Crippen molar-refractivity contribution in [3.63, 3.8) is 0 Å². The Morgan fingerprint density at radius 2 is 1.92 bits per heavy atom. The molecule has 0 bridgehead atoms. The van der Waals surface area contributed by atoms with Gasteiger partial charge in [0.2, 0.25) is 5.72 Å². The molecule has 2 aliphatic heterocycles. The average molecular weight is 531 g/mol. The molecule has 1 unspecified atom stereocenters. The van der Waals surface area contributed by atoms with Crippen LogP contribution in [0.1, 0.15) is 39.9 Å². The first kappa shape index (κ1) is 27.6. The zero-order valence-corrected chi connectivity index (χ0v) is 20.9. The Morgan fingerprint density at radius 3 is 2.58 bits per heavy atom. The van der Waals surface area contributed by atoms with E-state index in [2.05, 4.69) is 10.6 Å². The fraction of sp³-hybridized carbons (Fsp3) is 0.423. The molecule has 38 heavy (non-hydrogen) atoms. The van der Waals surface area contributed by atoms with Crippen molar-refractivity contribution in [1.29, 1.82) is 0 Å². The van der Waals surface area contributed by atoms with Crippen molar-refractivity contribution < 1.29 is 38.8 Å². The summed E-state index contributed by atoms with van der Waals surface area (Å²) in [7, 11) is 1.33. The Morgan fingerprint density at radius 1 is 1.18 bits per heavy atom. The van der Waals surface area contributed by atoms with Gasteiger partial charge in [-0.2, -0.15) is 0 Å². The van der Waals surface area contributed by atoms with Crippen molar-refractivity contribution in [3.05, 3.63) is 64.5 Å². The zero-order chi connectivity index (χ0) is 27.5. The summed E-state index contributed by atoms with van der Waals surface area (Å²) in [5.74, 6) is -4.37. The number of hydrogen-bond acceptors (Lipinski definition) is 9. The molecule has 11 nitrogen and oxygen atoms in total. The Balaban J connectivity index is 1.52. The molecule has 2 aromatic rings. The average Bonchev–Trinajstić information content (AvgIpc) is 3.28. The quantitative estimate of drug-likeness (QED) is 0.215. The summed E-state index contributed by atoms with van der Waals surface area (Å²) in [4.78, 5) is 38.9. The third kappa shape index (κ3) is 5.13. The molecule has 0 aromatic heterocycles. The van der Waals surface area contributed by atoms with Gasteiger partial charge >= 0.3 is 0 Å². The van der Waals surface area contributed by atoms with Crippen molar-refractivity contribution in [2.45, 2.75) is 37.6 Å². The van der Waals surface area contributed by atoms with Gasteiger partial charge in [-0.1, -0.05) is 18.2 Å². The Kier molecular flexibility index (Phi) is 8.09. The molecule has 0 aliphatic carbocycles. The van der Waals surface area contributed by atoms with E-state index in [4.69, 9.17) is 4.74 Å². The Bertz CT molecular complexity index is 1220. The number of halogens is 1. The molecule has 2 heterocycles. The number of amides is 2. The highest BCUT2D eigenvalue weighted by Crippen LogP contribution is 2.35. The lowest BCUT2D eigenvalue weighted by Gasteiger charge is -2.37. The van der Waals surface area contributed by atoms with Crippen LogP contribution in [0.5, 0.6) is 0 Å². The van der Waals surface area contributed by atoms with Gasteiger partial charge in [0.05, 0.1) is 19.8 Å². The number of anilines is 1. The standard InChI is InChI=1S/C26H31FN4O7/c1-28-24(34)25(35,8-3-11-32)31-16-20-19(23(31)33)4-2-5-22(20)29-15-17-6-7-18(14-21(17)27)26(36,37)30-9-12-38-13-10-30/h2,4-7,11,14,29,35-37H,3,8-10,12-13,15-16H2,1H3,(H,28,34). The van der Waals surface area contributed by atoms with Gasteiger partial charge in [-0.05, 0) is 18.2 Å². The van der Waals surface area contributed by atoms with Gasteiger partial charge in [0.1, 0.15) is 12.1 Å². The number of carbonyl (C=O) groups is 3. The minimum atomic E-state index is -2.34. The van der Waals surface area contributed by atoms with E-state index in [-0.39, 0.29) is 55.7 Å². The highest BCUT2D eigenvalue weighted by Gasteiger charge is 2.48. The van der Waals surface area contributed by atoms with Crippen molar-refractivity contribution in [2.24, 2.45) is 0 Å². The number of hydrogen-bond donors (Lipinski definition) is 5. The number of nitrogens with one attached hydrogen (secondary N) is 2. The number of aldehydes is 1. The minimum absolute atomic E-state index is 0.00805. The first-order chi connectivity index (χ1) is 18.1. The maximum Gasteiger partial charge on any atom is 0.273 e. The van der Waals surface area contributed by atoms with E-state index in [1.54, 1.807) is 18.2 Å². The van der Waals surface area contributed by atoms with Crippen LogP contribution in [0.15, 0.2) is 36.4 Å². The number of nitrogens with zero attached hydrogens (tertiary/aromatic N) is 2. The number of fused-ring (bicyclic) bond motifs is 1. The summed E-state index contributed by atoms with van der Waals surface area (Å²) in [6, 6.07) is 8.84. The van der Waals surface area contributed by atoms with Crippen LogP contribution < -0.4 is 10.6 Å². The van der Waals surface area contributed by atoms with Crippen molar-refractivity contribution in [1.82, 2.24) is 15.1 Å². The fourth-order valence-corrected chi connectivity index (χ4v) is 4.78. The molecule has 2 aliphatic rings.